The fourth-order valence-corrected chi connectivity index (χ4v) is 3.11. The Hall–Kier alpha value is -2.39. The van der Waals surface area contributed by atoms with Crippen LogP contribution in [0, 0.1) is 0 Å². The SMILES string of the molecule is CCOCc1ccccc1CNC(=NC)NCc1ccccc1Cn1cccn1.I. The lowest BCUT2D eigenvalue weighted by molar-refractivity contribution is 0.133. The summed E-state index contributed by atoms with van der Waals surface area (Å²) in [5.74, 6) is 0.769. The van der Waals surface area contributed by atoms with Crippen molar-refractivity contribution >= 4 is 29.9 Å². The highest BCUT2D eigenvalue weighted by molar-refractivity contribution is 14.0. The van der Waals surface area contributed by atoms with Crippen LogP contribution in [-0.2, 0) is 31.0 Å². The van der Waals surface area contributed by atoms with E-state index in [2.05, 4.69) is 57.1 Å². The van der Waals surface area contributed by atoms with Crippen molar-refractivity contribution in [1.29, 1.82) is 0 Å². The first-order chi connectivity index (χ1) is 14.3. The summed E-state index contributed by atoms with van der Waals surface area (Å²) < 4.78 is 7.51. The number of halogens is 1. The van der Waals surface area contributed by atoms with E-state index in [1.807, 2.05) is 36.0 Å². The molecule has 0 unspecified atom stereocenters. The summed E-state index contributed by atoms with van der Waals surface area (Å²) in [6.07, 6.45) is 3.78. The Bertz CT molecular complexity index is 911. The number of aliphatic imine (C=N–C) groups is 1. The number of guanidine groups is 1. The molecule has 0 saturated carbocycles. The molecular weight excluding hydrogens is 489 g/mol. The number of hydrogen-bond donors (Lipinski definition) is 2. The number of hydrogen-bond acceptors (Lipinski definition) is 3. The molecule has 3 rings (SSSR count). The Morgan fingerprint density at radius 2 is 1.53 bits per heavy atom. The largest absolute Gasteiger partial charge is 0.377 e. The van der Waals surface area contributed by atoms with Crippen LogP contribution in [0.15, 0.2) is 72.0 Å². The first-order valence-corrected chi connectivity index (χ1v) is 9.93. The van der Waals surface area contributed by atoms with Crippen molar-refractivity contribution in [2.75, 3.05) is 13.7 Å². The minimum Gasteiger partial charge on any atom is -0.377 e. The van der Waals surface area contributed by atoms with Crippen LogP contribution in [0.3, 0.4) is 0 Å². The Morgan fingerprint density at radius 1 is 0.933 bits per heavy atom. The minimum atomic E-state index is 0. The molecule has 1 heterocycles. The topological polar surface area (TPSA) is 63.5 Å². The van der Waals surface area contributed by atoms with Crippen LogP contribution >= 0.6 is 24.0 Å². The third-order valence-corrected chi connectivity index (χ3v) is 4.71. The highest BCUT2D eigenvalue weighted by atomic mass is 127. The zero-order valence-corrected chi connectivity index (χ0v) is 19.9. The van der Waals surface area contributed by atoms with Crippen LogP contribution in [0.2, 0.25) is 0 Å². The van der Waals surface area contributed by atoms with Gasteiger partial charge in [-0.2, -0.15) is 5.10 Å². The van der Waals surface area contributed by atoms with Crippen LogP contribution in [0.1, 0.15) is 29.2 Å². The molecule has 0 spiro atoms. The Kier molecular flexibility index (Phi) is 10.4. The van der Waals surface area contributed by atoms with E-state index >= 15 is 0 Å². The first-order valence-electron chi connectivity index (χ1n) is 9.93. The summed E-state index contributed by atoms with van der Waals surface area (Å²) in [5.41, 5.74) is 4.87. The maximum absolute atomic E-state index is 5.57. The average Bonchev–Trinajstić information content (AvgIpc) is 3.27. The molecule has 7 heteroatoms. The van der Waals surface area contributed by atoms with E-state index in [0.29, 0.717) is 26.3 Å². The first kappa shape index (κ1) is 23.9. The standard InChI is InChI=1S/C23H29N5O.HI/c1-3-29-18-22-12-7-5-10-20(22)16-26-23(24-2)25-15-19-9-4-6-11-21(19)17-28-14-8-13-27-28;/h4-14H,3,15-18H2,1-2H3,(H2,24,25,26);1H. The highest BCUT2D eigenvalue weighted by Crippen LogP contribution is 2.11. The summed E-state index contributed by atoms with van der Waals surface area (Å²) in [7, 11) is 1.79. The van der Waals surface area contributed by atoms with Gasteiger partial charge in [0.25, 0.3) is 0 Å². The molecule has 0 saturated heterocycles. The van der Waals surface area contributed by atoms with Crippen molar-refractivity contribution in [2.24, 2.45) is 4.99 Å². The van der Waals surface area contributed by atoms with Gasteiger partial charge < -0.3 is 15.4 Å². The molecule has 160 valence electrons. The van der Waals surface area contributed by atoms with Gasteiger partial charge in [0.2, 0.25) is 0 Å². The molecule has 3 aromatic rings. The van der Waals surface area contributed by atoms with Gasteiger partial charge in [0.05, 0.1) is 13.2 Å². The third-order valence-electron chi connectivity index (χ3n) is 4.71. The molecule has 0 aliphatic carbocycles. The summed E-state index contributed by atoms with van der Waals surface area (Å²) in [6.45, 7) is 5.48. The smallest absolute Gasteiger partial charge is 0.191 e. The Morgan fingerprint density at radius 3 is 2.10 bits per heavy atom. The minimum absolute atomic E-state index is 0. The number of nitrogens with one attached hydrogen (secondary N) is 2. The Balaban J connectivity index is 0.00000320. The predicted octanol–water partition coefficient (Wildman–Crippen LogP) is 3.95. The number of aromatic nitrogens is 2. The van der Waals surface area contributed by atoms with E-state index < -0.39 is 0 Å². The van der Waals surface area contributed by atoms with Crippen molar-refractivity contribution in [3.63, 3.8) is 0 Å². The highest BCUT2D eigenvalue weighted by Gasteiger charge is 2.06. The van der Waals surface area contributed by atoms with Crippen molar-refractivity contribution < 1.29 is 4.74 Å². The lowest BCUT2D eigenvalue weighted by Crippen LogP contribution is -2.36. The summed E-state index contributed by atoms with van der Waals surface area (Å²) in [6, 6.07) is 18.7. The van der Waals surface area contributed by atoms with Crippen molar-refractivity contribution in [3.05, 3.63) is 89.2 Å². The average molecular weight is 519 g/mol. The fraction of sp³-hybridized carbons (Fsp3) is 0.304. The molecule has 2 aromatic carbocycles. The molecule has 0 fully saturated rings. The molecule has 30 heavy (non-hydrogen) atoms. The van der Waals surface area contributed by atoms with Gasteiger partial charge in [-0.25, -0.2) is 0 Å². The van der Waals surface area contributed by atoms with Gasteiger partial charge in [0, 0.05) is 39.1 Å². The number of rotatable bonds is 9. The van der Waals surface area contributed by atoms with Gasteiger partial charge in [0.1, 0.15) is 0 Å². The number of nitrogens with zero attached hydrogens (tertiary/aromatic N) is 3. The second kappa shape index (κ2) is 13.0. The summed E-state index contributed by atoms with van der Waals surface area (Å²) in [5, 5.41) is 11.1. The Labute approximate surface area is 195 Å². The predicted molar refractivity (Wildman–Crippen MR) is 132 cm³/mol. The quantitative estimate of drug-likeness (QED) is 0.255. The maximum atomic E-state index is 5.57. The van der Waals surface area contributed by atoms with Gasteiger partial charge >= 0.3 is 0 Å². The van der Waals surface area contributed by atoms with Crippen LogP contribution in [0.25, 0.3) is 0 Å². The molecule has 0 aliphatic heterocycles. The molecule has 0 bridgehead atoms. The van der Waals surface area contributed by atoms with E-state index in [4.69, 9.17) is 4.74 Å². The zero-order valence-electron chi connectivity index (χ0n) is 17.5. The van der Waals surface area contributed by atoms with E-state index in [0.717, 1.165) is 12.5 Å². The molecule has 0 aliphatic rings. The zero-order chi connectivity index (χ0) is 20.3. The molecular formula is C23H30IN5O. The number of benzene rings is 2. The monoisotopic (exact) mass is 519 g/mol. The van der Waals surface area contributed by atoms with Gasteiger partial charge in [-0.1, -0.05) is 48.5 Å². The molecule has 0 radical (unpaired) electrons. The molecule has 0 amide bonds. The van der Waals surface area contributed by atoms with E-state index in [9.17, 15) is 0 Å². The van der Waals surface area contributed by atoms with E-state index in [-0.39, 0.29) is 24.0 Å². The van der Waals surface area contributed by atoms with Gasteiger partial charge in [-0.3, -0.25) is 9.67 Å². The molecule has 1 aromatic heterocycles. The second-order valence-electron chi connectivity index (χ2n) is 6.66. The molecule has 6 nitrogen and oxygen atoms in total. The molecule has 0 atom stereocenters. The normalized spacial score (nSPS) is 11.1. The van der Waals surface area contributed by atoms with Crippen LogP contribution in [-0.4, -0.2) is 29.4 Å². The fourth-order valence-electron chi connectivity index (χ4n) is 3.11. The number of ether oxygens (including phenoxy) is 1. The summed E-state index contributed by atoms with van der Waals surface area (Å²) >= 11 is 0. The van der Waals surface area contributed by atoms with Gasteiger partial charge in [0.15, 0.2) is 5.96 Å². The molecule has 2 N–H and O–H groups in total. The maximum Gasteiger partial charge on any atom is 0.191 e. The van der Waals surface area contributed by atoms with Crippen LogP contribution < -0.4 is 10.6 Å². The van der Waals surface area contributed by atoms with Crippen molar-refractivity contribution in [3.8, 4) is 0 Å². The second-order valence-corrected chi connectivity index (χ2v) is 6.66. The third kappa shape index (κ3) is 7.14. The van der Waals surface area contributed by atoms with Crippen LogP contribution in [0.5, 0.6) is 0 Å². The van der Waals surface area contributed by atoms with Gasteiger partial charge in [-0.15, -0.1) is 24.0 Å². The lowest BCUT2D eigenvalue weighted by Gasteiger charge is -2.16. The van der Waals surface area contributed by atoms with Crippen molar-refractivity contribution in [2.45, 2.75) is 33.2 Å². The van der Waals surface area contributed by atoms with Crippen LogP contribution in [0.4, 0.5) is 0 Å². The summed E-state index contributed by atoms with van der Waals surface area (Å²) in [4.78, 5) is 4.36. The van der Waals surface area contributed by atoms with E-state index in [1.54, 1.807) is 13.2 Å². The lowest BCUT2D eigenvalue weighted by atomic mass is 10.1. The van der Waals surface area contributed by atoms with Crippen molar-refractivity contribution in [1.82, 2.24) is 20.4 Å². The van der Waals surface area contributed by atoms with Gasteiger partial charge in [-0.05, 0) is 35.2 Å². The van der Waals surface area contributed by atoms with E-state index in [1.165, 1.54) is 22.3 Å².